The summed E-state index contributed by atoms with van der Waals surface area (Å²) in [6.07, 6.45) is 0.925. The van der Waals surface area contributed by atoms with E-state index >= 15 is 0 Å². The van der Waals surface area contributed by atoms with E-state index in [0.717, 1.165) is 12.3 Å². The average molecular weight is 279 g/mol. The molecule has 6 nitrogen and oxygen atoms in total. The number of hydrogen-bond acceptors (Lipinski definition) is 5. The van der Waals surface area contributed by atoms with E-state index in [-0.39, 0.29) is 27.3 Å². The predicted molar refractivity (Wildman–Crippen MR) is 63.1 cm³/mol. The van der Waals surface area contributed by atoms with E-state index in [0.29, 0.717) is 0 Å². The minimum absolute atomic E-state index is 0.174. The largest absolute Gasteiger partial charge is 0.292 e. The smallest absolute Gasteiger partial charge is 0.258 e. The third-order valence-corrected chi connectivity index (χ3v) is 3.61. The summed E-state index contributed by atoms with van der Waals surface area (Å²) in [5.41, 5.74) is -0.155. The van der Waals surface area contributed by atoms with Crippen LogP contribution in [-0.4, -0.2) is 24.6 Å². The molecule has 0 saturated heterocycles. The maximum Gasteiger partial charge on any atom is 0.292 e. The van der Waals surface area contributed by atoms with Crippen LogP contribution in [0.1, 0.15) is 25.5 Å². The third kappa shape index (κ3) is 2.92. The molecule has 1 aromatic heterocycles. The van der Waals surface area contributed by atoms with Gasteiger partial charge in [-0.3, -0.25) is 10.1 Å². The number of pyridine rings is 1. The molecule has 0 spiro atoms. The summed E-state index contributed by atoms with van der Waals surface area (Å²) in [4.78, 5) is 13.7. The molecule has 0 atom stereocenters. The lowest BCUT2D eigenvalue weighted by molar-refractivity contribution is -0.386. The standard InChI is InChI=1S/C9H11ClN2O4S/c1-5(2)8-6(12(13)14)4-7(9(10)11-8)17(3,15)16/h4-5H,1-3H3. The van der Waals surface area contributed by atoms with Gasteiger partial charge in [-0.1, -0.05) is 25.4 Å². The second kappa shape index (κ2) is 4.58. The van der Waals surface area contributed by atoms with Crippen molar-refractivity contribution in [3.8, 4) is 0 Å². The molecule has 17 heavy (non-hydrogen) atoms. The first kappa shape index (κ1) is 13.9. The molecular weight excluding hydrogens is 268 g/mol. The van der Waals surface area contributed by atoms with Gasteiger partial charge in [-0.2, -0.15) is 0 Å². The molecule has 1 aromatic rings. The molecule has 0 aliphatic rings. The van der Waals surface area contributed by atoms with Gasteiger partial charge >= 0.3 is 0 Å². The summed E-state index contributed by atoms with van der Waals surface area (Å²) in [7, 11) is -3.63. The molecular formula is C9H11ClN2O4S. The van der Waals surface area contributed by atoms with Crippen molar-refractivity contribution in [2.75, 3.05) is 6.26 Å². The molecule has 8 heteroatoms. The molecule has 0 fully saturated rings. The number of hydrogen-bond donors (Lipinski definition) is 0. The van der Waals surface area contributed by atoms with Crippen molar-refractivity contribution in [2.45, 2.75) is 24.7 Å². The van der Waals surface area contributed by atoms with Crippen LogP contribution in [0.25, 0.3) is 0 Å². The lowest BCUT2D eigenvalue weighted by Gasteiger charge is -2.08. The molecule has 0 radical (unpaired) electrons. The molecule has 0 unspecified atom stereocenters. The zero-order valence-electron chi connectivity index (χ0n) is 9.47. The van der Waals surface area contributed by atoms with Crippen LogP contribution in [0.3, 0.4) is 0 Å². The highest BCUT2D eigenvalue weighted by Crippen LogP contribution is 2.31. The molecule has 0 amide bonds. The van der Waals surface area contributed by atoms with Gasteiger partial charge in [-0.15, -0.1) is 0 Å². The third-order valence-electron chi connectivity index (χ3n) is 2.10. The van der Waals surface area contributed by atoms with Crippen molar-refractivity contribution in [3.63, 3.8) is 0 Å². The van der Waals surface area contributed by atoms with Crippen LogP contribution in [0.5, 0.6) is 0 Å². The van der Waals surface area contributed by atoms with Crippen molar-refractivity contribution >= 4 is 27.1 Å². The van der Waals surface area contributed by atoms with Gasteiger partial charge in [-0.25, -0.2) is 13.4 Å². The Morgan fingerprint density at radius 2 is 2.00 bits per heavy atom. The molecule has 0 bridgehead atoms. The summed E-state index contributed by atoms with van der Waals surface area (Å²) in [5.74, 6) is -0.221. The van der Waals surface area contributed by atoms with Crippen molar-refractivity contribution in [1.82, 2.24) is 4.98 Å². The van der Waals surface area contributed by atoms with E-state index in [1.165, 1.54) is 0 Å². The Labute approximate surface area is 104 Å². The first-order chi connectivity index (χ1) is 7.64. The number of nitrogens with zero attached hydrogens (tertiary/aromatic N) is 2. The van der Waals surface area contributed by atoms with Crippen LogP contribution in [0.4, 0.5) is 5.69 Å². The van der Waals surface area contributed by atoms with Gasteiger partial charge < -0.3 is 0 Å². The van der Waals surface area contributed by atoms with Gasteiger partial charge in [0.2, 0.25) is 0 Å². The van der Waals surface area contributed by atoms with Crippen molar-refractivity contribution in [3.05, 3.63) is 27.0 Å². The zero-order valence-corrected chi connectivity index (χ0v) is 11.0. The summed E-state index contributed by atoms with van der Waals surface area (Å²) >= 11 is 5.72. The lowest BCUT2D eigenvalue weighted by Crippen LogP contribution is -2.06. The fourth-order valence-corrected chi connectivity index (χ4v) is 2.55. The van der Waals surface area contributed by atoms with Crippen molar-refractivity contribution < 1.29 is 13.3 Å². The SMILES string of the molecule is CC(C)c1nc(Cl)c(S(C)(=O)=O)cc1[N+](=O)[O-]. The Hall–Kier alpha value is -1.21. The van der Waals surface area contributed by atoms with Gasteiger partial charge in [-0.05, 0) is 0 Å². The summed E-state index contributed by atoms with van der Waals surface area (Å²) in [5, 5.41) is 10.6. The van der Waals surface area contributed by atoms with Gasteiger partial charge in [0.25, 0.3) is 5.69 Å². The Morgan fingerprint density at radius 1 is 1.47 bits per heavy atom. The molecule has 0 aromatic carbocycles. The molecule has 0 aliphatic heterocycles. The van der Waals surface area contributed by atoms with Crippen molar-refractivity contribution in [1.29, 1.82) is 0 Å². The van der Waals surface area contributed by atoms with Crippen LogP contribution in [0.15, 0.2) is 11.0 Å². The van der Waals surface area contributed by atoms with Gasteiger partial charge in [0.15, 0.2) is 9.84 Å². The molecule has 1 rings (SSSR count). The topological polar surface area (TPSA) is 90.2 Å². The Bertz CT molecular complexity index is 569. The fraction of sp³-hybridized carbons (Fsp3) is 0.444. The van der Waals surface area contributed by atoms with Gasteiger partial charge in [0.1, 0.15) is 15.7 Å². The lowest BCUT2D eigenvalue weighted by atomic mass is 10.1. The van der Waals surface area contributed by atoms with Gasteiger partial charge in [0, 0.05) is 18.2 Å². The highest BCUT2D eigenvalue weighted by atomic mass is 35.5. The Balaban J connectivity index is 3.63. The van der Waals surface area contributed by atoms with E-state index in [1.54, 1.807) is 13.8 Å². The maximum absolute atomic E-state index is 11.4. The second-order valence-electron chi connectivity index (χ2n) is 3.87. The normalized spacial score (nSPS) is 11.8. The van der Waals surface area contributed by atoms with Gasteiger partial charge in [0.05, 0.1) is 4.92 Å². The highest BCUT2D eigenvalue weighted by molar-refractivity contribution is 7.90. The van der Waals surface area contributed by atoms with E-state index in [2.05, 4.69) is 4.98 Å². The summed E-state index contributed by atoms with van der Waals surface area (Å²) in [6.45, 7) is 3.43. The molecule has 1 heterocycles. The minimum Gasteiger partial charge on any atom is -0.258 e. The number of halogens is 1. The summed E-state index contributed by atoms with van der Waals surface area (Å²) < 4.78 is 22.7. The van der Waals surface area contributed by atoms with Crippen LogP contribution < -0.4 is 0 Å². The van der Waals surface area contributed by atoms with Crippen molar-refractivity contribution in [2.24, 2.45) is 0 Å². The number of aromatic nitrogens is 1. The molecule has 94 valence electrons. The summed E-state index contributed by atoms with van der Waals surface area (Å²) in [6, 6.07) is 0.958. The molecule has 0 saturated carbocycles. The molecule has 0 N–H and O–H groups in total. The van der Waals surface area contributed by atoms with E-state index < -0.39 is 14.8 Å². The zero-order chi connectivity index (χ0) is 13.4. The second-order valence-corrected chi connectivity index (χ2v) is 6.21. The monoisotopic (exact) mass is 278 g/mol. The van der Waals surface area contributed by atoms with Crippen LogP contribution >= 0.6 is 11.6 Å². The number of sulfone groups is 1. The Kier molecular flexibility index (Phi) is 3.73. The number of rotatable bonds is 3. The predicted octanol–water partition coefficient (Wildman–Crippen LogP) is 2.17. The van der Waals surface area contributed by atoms with Crippen LogP contribution in [-0.2, 0) is 9.84 Å². The quantitative estimate of drug-likeness (QED) is 0.480. The van der Waals surface area contributed by atoms with E-state index in [4.69, 9.17) is 11.6 Å². The fourth-order valence-electron chi connectivity index (χ4n) is 1.31. The van der Waals surface area contributed by atoms with E-state index in [1.807, 2.05) is 0 Å². The number of nitro groups is 1. The first-order valence-electron chi connectivity index (χ1n) is 4.69. The Morgan fingerprint density at radius 3 is 2.35 bits per heavy atom. The first-order valence-corrected chi connectivity index (χ1v) is 6.96. The van der Waals surface area contributed by atoms with Crippen LogP contribution in [0.2, 0.25) is 5.15 Å². The molecule has 0 aliphatic carbocycles. The maximum atomic E-state index is 11.4. The highest BCUT2D eigenvalue weighted by Gasteiger charge is 2.25. The van der Waals surface area contributed by atoms with Crippen LogP contribution in [0, 0.1) is 10.1 Å². The average Bonchev–Trinajstić information content (AvgIpc) is 2.14. The minimum atomic E-state index is -3.63. The van der Waals surface area contributed by atoms with E-state index in [9.17, 15) is 18.5 Å².